The van der Waals surface area contributed by atoms with Crippen LogP contribution < -0.4 is 10.6 Å². The summed E-state index contributed by atoms with van der Waals surface area (Å²) in [4.78, 5) is 2.23. The molecule has 1 aliphatic rings. The van der Waals surface area contributed by atoms with E-state index in [2.05, 4.69) is 17.0 Å². The number of aliphatic hydroxyl groups excluding tert-OH is 1. The van der Waals surface area contributed by atoms with Crippen molar-refractivity contribution in [3.05, 3.63) is 29.8 Å². The molecule has 0 radical (unpaired) electrons. The van der Waals surface area contributed by atoms with E-state index in [1.165, 1.54) is 0 Å². The van der Waals surface area contributed by atoms with Gasteiger partial charge in [0.1, 0.15) is 0 Å². The quantitative estimate of drug-likeness (QED) is 0.774. The third-order valence-electron chi connectivity index (χ3n) is 2.85. The van der Waals surface area contributed by atoms with Crippen LogP contribution in [0.25, 0.3) is 0 Å². The van der Waals surface area contributed by atoms with Crippen molar-refractivity contribution in [2.45, 2.75) is 12.6 Å². The number of ether oxygens (including phenoxy) is 1. The number of benzene rings is 1. The van der Waals surface area contributed by atoms with Crippen LogP contribution in [-0.4, -0.2) is 37.5 Å². The molecule has 0 saturated carbocycles. The van der Waals surface area contributed by atoms with Crippen molar-refractivity contribution in [3.8, 4) is 0 Å². The third-order valence-corrected chi connectivity index (χ3v) is 2.85. The Morgan fingerprint density at radius 2 is 2.38 bits per heavy atom. The molecule has 0 aliphatic carbocycles. The Balaban J connectivity index is 2.10. The summed E-state index contributed by atoms with van der Waals surface area (Å²) < 4.78 is 5.42. The van der Waals surface area contributed by atoms with Crippen molar-refractivity contribution >= 4 is 5.69 Å². The number of hydrogen-bond acceptors (Lipinski definition) is 4. The normalized spacial score (nSPS) is 21.1. The van der Waals surface area contributed by atoms with Gasteiger partial charge in [-0.05, 0) is 17.7 Å². The molecule has 1 aromatic rings. The topological polar surface area (TPSA) is 58.7 Å². The molecular formula is C12H18N2O2. The van der Waals surface area contributed by atoms with Gasteiger partial charge < -0.3 is 20.5 Å². The molecule has 1 saturated heterocycles. The van der Waals surface area contributed by atoms with Crippen LogP contribution in [0.1, 0.15) is 5.56 Å². The summed E-state index contributed by atoms with van der Waals surface area (Å²) in [5.41, 5.74) is 7.90. The first kappa shape index (κ1) is 11.4. The first-order valence-electron chi connectivity index (χ1n) is 5.60. The van der Waals surface area contributed by atoms with E-state index >= 15 is 0 Å². The van der Waals surface area contributed by atoms with Gasteiger partial charge in [-0.1, -0.05) is 12.1 Å². The monoisotopic (exact) mass is 222 g/mol. The van der Waals surface area contributed by atoms with Crippen LogP contribution in [0.15, 0.2) is 24.3 Å². The zero-order valence-corrected chi connectivity index (χ0v) is 9.30. The minimum absolute atomic E-state index is 0.0738. The van der Waals surface area contributed by atoms with Crippen LogP contribution in [0.4, 0.5) is 5.69 Å². The Labute approximate surface area is 95.6 Å². The molecule has 1 fully saturated rings. The summed E-state index contributed by atoms with van der Waals surface area (Å²) >= 11 is 0. The standard InChI is InChI=1S/C12H18N2O2/c13-7-10-2-1-3-11(6-10)14-4-5-16-12(8-14)9-15/h1-3,6,12,15H,4-5,7-9,13H2. The third kappa shape index (κ3) is 2.52. The molecule has 1 unspecified atom stereocenters. The van der Waals surface area contributed by atoms with Gasteiger partial charge in [-0.15, -0.1) is 0 Å². The van der Waals surface area contributed by atoms with E-state index in [1.54, 1.807) is 0 Å². The number of hydrogen-bond donors (Lipinski definition) is 2. The highest BCUT2D eigenvalue weighted by atomic mass is 16.5. The molecule has 1 atom stereocenters. The van der Waals surface area contributed by atoms with Gasteiger partial charge in [0.05, 0.1) is 19.3 Å². The number of nitrogens with two attached hydrogens (primary N) is 1. The molecule has 4 nitrogen and oxygen atoms in total. The fourth-order valence-electron chi connectivity index (χ4n) is 1.94. The van der Waals surface area contributed by atoms with Crippen LogP contribution >= 0.6 is 0 Å². The van der Waals surface area contributed by atoms with Gasteiger partial charge in [0, 0.05) is 25.3 Å². The Kier molecular flexibility index (Phi) is 3.77. The van der Waals surface area contributed by atoms with Gasteiger partial charge in [0.15, 0.2) is 0 Å². The van der Waals surface area contributed by atoms with E-state index < -0.39 is 0 Å². The van der Waals surface area contributed by atoms with E-state index in [0.717, 1.165) is 24.3 Å². The van der Waals surface area contributed by atoms with Gasteiger partial charge in [-0.25, -0.2) is 0 Å². The Hall–Kier alpha value is -1.10. The SMILES string of the molecule is NCc1cccc(N2CCOC(CO)C2)c1. The highest BCUT2D eigenvalue weighted by Gasteiger charge is 2.19. The Morgan fingerprint density at radius 1 is 1.50 bits per heavy atom. The van der Waals surface area contributed by atoms with Crippen molar-refractivity contribution in [1.82, 2.24) is 0 Å². The Morgan fingerprint density at radius 3 is 3.12 bits per heavy atom. The number of nitrogens with zero attached hydrogens (tertiary/aromatic N) is 1. The summed E-state index contributed by atoms with van der Waals surface area (Å²) in [6.07, 6.45) is -0.0738. The second-order valence-electron chi connectivity index (χ2n) is 4.00. The number of aliphatic hydroxyl groups is 1. The lowest BCUT2D eigenvalue weighted by Crippen LogP contribution is -2.44. The van der Waals surface area contributed by atoms with Crippen molar-refractivity contribution in [1.29, 1.82) is 0 Å². The molecule has 1 aliphatic heterocycles. The van der Waals surface area contributed by atoms with Crippen LogP contribution in [0.2, 0.25) is 0 Å². The molecule has 2 rings (SSSR count). The fourth-order valence-corrected chi connectivity index (χ4v) is 1.94. The lowest BCUT2D eigenvalue weighted by Gasteiger charge is -2.33. The van der Waals surface area contributed by atoms with E-state index in [9.17, 15) is 0 Å². The molecule has 0 spiro atoms. The molecule has 0 aromatic heterocycles. The van der Waals surface area contributed by atoms with Crippen molar-refractivity contribution in [2.24, 2.45) is 5.73 Å². The van der Waals surface area contributed by atoms with Gasteiger partial charge in [0.25, 0.3) is 0 Å². The first-order valence-corrected chi connectivity index (χ1v) is 5.60. The van der Waals surface area contributed by atoms with Crippen molar-refractivity contribution in [3.63, 3.8) is 0 Å². The molecule has 0 amide bonds. The highest BCUT2D eigenvalue weighted by Crippen LogP contribution is 2.18. The van der Waals surface area contributed by atoms with E-state index in [0.29, 0.717) is 13.2 Å². The average molecular weight is 222 g/mol. The zero-order chi connectivity index (χ0) is 11.4. The first-order chi connectivity index (χ1) is 7.83. The van der Waals surface area contributed by atoms with Crippen LogP contribution in [-0.2, 0) is 11.3 Å². The lowest BCUT2D eigenvalue weighted by molar-refractivity contribution is 0.00356. The minimum Gasteiger partial charge on any atom is -0.394 e. The van der Waals surface area contributed by atoms with Crippen LogP contribution in [0, 0.1) is 0 Å². The van der Waals surface area contributed by atoms with Crippen molar-refractivity contribution < 1.29 is 9.84 Å². The second kappa shape index (κ2) is 5.30. The predicted octanol–water partition coefficient (Wildman–Crippen LogP) is 0.343. The summed E-state index contributed by atoms with van der Waals surface area (Å²) in [6, 6.07) is 8.20. The second-order valence-corrected chi connectivity index (χ2v) is 4.00. The average Bonchev–Trinajstić information content (AvgIpc) is 2.39. The maximum Gasteiger partial charge on any atom is 0.0980 e. The molecule has 16 heavy (non-hydrogen) atoms. The molecule has 1 aromatic carbocycles. The minimum atomic E-state index is -0.0738. The number of morpholine rings is 1. The maximum absolute atomic E-state index is 9.08. The van der Waals surface area contributed by atoms with E-state index in [4.69, 9.17) is 15.6 Å². The van der Waals surface area contributed by atoms with Crippen molar-refractivity contribution in [2.75, 3.05) is 31.2 Å². The molecular weight excluding hydrogens is 204 g/mol. The highest BCUT2D eigenvalue weighted by molar-refractivity contribution is 5.49. The van der Waals surface area contributed by atoms with Gasteiger partial charge in [-0.2, -0.15) is 0 Å². The smallest absolute Gasteiger partial charge is 0.0980 e. The molecule has 4 heteroatoms. The number of anilines is 1. The van der Waals surface area contributed by atoms with Gasteiger partial charge in [-0.3, -0.25) is 0 Å². The van der Waals surface area contributed by atoms with Gasteiger partial charge in [0.2, 0.25) is 0 Å². The predicted molar refractivity (Wildman–Crippen MR) is 63.4 cm³/mol. The molecule has 1 heterocycles. The summed E-state index contributed by atoms with van der Waals surface area (Å²) in [7, 11) is 0. The molecule has 0 bridgehead atoms. The zero-order valence-electron chi connectivity index (χ0n) is 9.30. The number of rotatable bonds is 3. The van der Waals surface area contributed by atoms with Crippen LogP contribution in [0.3, 0.4) is 0 Å². The molecule has 3 N–H and O–H groups in total. The van der Waals surface area contributed by atoms with Gasteiger partial charge >= 0.3 is 0 Å². The fraction of sp³-hybridized carbons (Fsp3) is 0.500. The largest absolute Gasteiger partial charge is 0.394 e. The summed E-state index contributed by atoms with van der Waals surface area (Å²) in [5.74, 6) is 0. The lowest BCUT2D eigenvalue weighted by atomic mass is 10.1. The Bertz CT molecular complexity index is 344. The molecule has 88 valence electrons. The maximum atomic E-state index is 9.08. The van der Waals surface area contributed by atoms with E-state index in [-0.39, 0.29) is 12.7 Å². The van der Waals surface area contributed by atoms with E-state index in [1.807, 2.05) is 12.1 Å². The summed E-state index contributed by atoms with van der Waals surface area (Å²) in [6.45, 7) is 2.90. The van der Waals surface area contributed by atoms with Crippen LogP contribution in [0.5, 0.6) is 0 Å². The summed E-state index contributed by atoms with van der Waals surface area (Å²) in [5, 5.41) is 9.08.